The van der Waals surface area contributed by atoms with Crippen LogP contribution in [0.3, 0.4) is 0 Å². The molecule has 1 fully saturated rings. The fraction of sp³-hybridized carbons (Fsp3) is 0.750. The van der Waals surface area contributed by atoms with Gasteiger partial charge in [0.2, 0.25) is 11.7 Å². The van der Waals surface area contributed by atoms with Gasteiger partial charge in [0.25, 0.3) is 0 Å². The van der Waals surface area contributed by atoms with Crippen LogP contribution in [0.5, 0.6) is 0 Å². The van der Waals surface area contributed by atoms with Gasteiger partial charge in [-0.25, -0.2) is 0 Å². The average molecular weight is 215 g/mol. The molecule has 1 aliphatic rings. The van der Waals surface area contributed by atoms with Gasteiger partial charge in [0.1, 0.15) is 6.10 Å². The molecule has 0 saturated carbocycles. The fourth-order valence-electron chi connectivity index (χ4n) is 1.31. The van der Waals surface area contributed by atoms with Gasteiger partial charge in [0.15, 0.2) is 0 Å². The monoisotopic (exact) mass is 215 g/mol. The Balaban J connectivity index is 2.00. The fourth-order valence-corrected chi connectivity index (χ4v) is 1.68. The number of ether oxygens (including phenoxy) is 1. The van der Waals surface area contributed by atoms with Crippen LogP contribution in [0, 0.1) is 0 Å². The summed E-state index contributed by atoms with van der Waals surface area (Å²) in [5, 5.41) is 7.12. The van der Waals surface area contributed by atoms with E-state index in [-0.39, 0.29) is 6.10 Å². The number of nitrogens with zero attached hydrogens (tertiary/aromatic N) is 2. The summed E-state index contributed by atoms with van der Waals surface area (Å²) in [6, 6.07) is 0. The SMILES string of the molecule is CSCc1nc(C2CNCCO2)no1. The van der Waals surface area contributed by atoms with Gasteiger partial charge in [0.05, 0.1) is 12.4 Å². The second-order valence-electron chi connectivity index (χ2n) is 3.04. The number of hydrogen-bond donors (Lipinski definition) is 1. The van der Waals surface area contributed by atoms with Crippen molar-refractivity contribution in [3.8, 4) is 0 Å². The minimum absolute atomic E-state index is 0.0527. The minimum atomic E-state index is -0.0527. The van der Waals surface area contributed by atoms with E-state index >= 15 is 0 Å². The number of aromatic nitrogens is 2. The van der Waals surface area contributed by atoms with E-state index in [0.29, 0.717) is 18.3 Å². The molecule has 78 valence electrons. The van der Waals surface area contributed by atoms with E-state index in [4.69, 9.17) is 9.26 Å². The van der Waals surface area contributed by atoms with Gasteiger partial charge in [-0.15, -0.1) is 0 Å². The Labute approximate surface area is 86.6 Å². The van der Waals surface area contributed by atoms with E-state index in [1.807, 2.05) is 6.26 Å². The maximum Gasteiger partial charge on any atom is 0.236 e. The second kappa shape index (κ2) is 4.77. The lowest BCUT2D eigenvalue weighted by Crippen LogP contribution is -2.33. The zero-order chi connectivity index (χ0) is 9.80. The number of hydrogen-bond acceptors (Lipinski definition) is 6. The van der Waals surface area contributed by atoms with Crippen molar-refractivity contribution in [2.45, 2.75) is 11.9 Å². The van der Waals surface area contributed by atoms with Crippen LogP contribution in [0.25, 0.3) is 0 Å². The maximum atomic E-state index is 5.50. The zero-order valence-corrected chi connectivity index (χ0v) is 8.84. The summed E-state index contributed by atoms with van der Waals surface area (Å²) in [4.78, 5) is 4.26. The maximum absolute atomic E-state index is 5.50. The Morgan fingerprint density at radius 3 is 3.29 bits per heavy atom. The molecule has 0 amide bonds. The normalized spacial score (nSPS) is 22.5. The highest BCUT2D eigenvalue weighted by Crippen LogP contribution is 2.16. The molecule has 1 atom stereocenters. The number of morpholine rings is 1. The highest BCUT2D eigenvalue weighted by atomic mass is 32.2. The Morgan fingerprint density at radius 1 is 1.64 bits per heavy atom. The van der Waals surface area contributed by atoms with Crippen molar-refractivity contribution in [3.63, 3.8) is 0 Å². The van der Waals surface area contributed by atoms with E-state index < -0.39 is 0 Å². The first-order chi connectivity index (χ1) is 6.90. The first-order valence-electron chi connectivity index (χ1n) is 4.54. The Hall–Kier alpha value is -0.590. The third kappa shape index (κ3) is 2.26. The summed E-state index contributed by atoms with van der Waals surface area (Å²) in [5.74, 6) is 2.08. The molecule has 0 bridgehead atoms. The number of nitrogens with one attached hydrogen (secondary N) is 1. The predicted octanol–water partition coefficient (Wildman–Crippen LogP) is 0.593. The summed E-state index contributed by atoms with van der Waals surface area (Å²) in [7, 11) is 0. The van der Waals surface area contributed by atoms with Gasteiger partial charge < -0.3 is 14.6 Å². The summed E-state index contributed by atoms with van der Waals surface area (Å²) < 4.78 is 10.6. The van der Waals surface area contributed by atoms with Gasteiger partial charge in [-0.3, -0.25) is 0 Å². The smallest absolute Gasteiger partial charge is 0.236 e. The summed E-state index contributed by atoms with van der Waals surface area (Å²) in [5.41, 5.74) is 0. The van der Waals surface area contributed by atoms with E-state index in [9.17, 15) is 0 Å². The van der Waals surface area contributed by atoms with Crippen molar-refractivity contribution in [2.75, 3.05) is 26.0 Å². The van der Waals surface area contributed by atoms with Gasteiger partial charge in [-0.05, 0) is 6.26 Å². The molecule has 1 aromatic heterocycles. The lowest BCUT2D eigenvalue weighted by Gasteiger charge is -2.20. The second-order valence-corrected chi connectivity index (χ2v) is 3.91. The molecular formula is C8H13N3O2S. The summed E-state index contributed by atoms with van der Waals surface area (Å²) in [6.45, 7) is 2.36. The third-order valence-corrected chi connectivity index (χ3v) is 2.50. The van der Waals surface area contributed by atoms with Crippen molar-refractivity contribution in [1.82, 2.24) is 15.5 Å². The Bertz CT molecular complexity index is 286. The molecule has 14 heavy (non-hydrogen) atoms. The predicted molar refractivity (Wildman–Crippen MR) is 53.1 cm³/mol. The topological polar surface area (TPSA) is 60.2 Å². The standard InChI is InChI=1S/C8H13N3O2S/c1-14-5-7-10-8(11-13-7)6-4-9-2-3-12-6/h6,9H,2-5H2,1H3. The molecule has 0 aromatic carbocycles. The quantitative estimate of drug-likeness (QED) is 0.796. The zero-order valence-electron chi connectivity index (χ0n) is 8.02. The molecule has 0 spiro atoms. The van der Waals surface area contributed by atoms with Gasteiger partial charge >= 0.3 is 0 Å². The molecule has 2 rings (SSSR count). The van der Waals surface area contributed by atoms with Crippen LogP contribution in [0.4, 0.5) is 0 Å². The molecule has 1 unspecified atom stereocenters. The van der Waals surface area contributed by atoms with Crippen LogP contribution in [-0.4, -0.2) is 36.1 Å². The number of rotatable bonds is 3. The summed E-state index contributed by atoms with van der Waals surface area (Å²) >= 11 is 1.66. The largest absolute Gasteiger partial charge is 0.367 e. The molecular weight excluding hydrogens is 202 g/mol. The van der Waals surface area contributed by atoms with Crippen LogP contribution >= 0.6 is 11.8 Å². The van der Waals surface area contributed by atoms with Crippen molar-refractivity contribution in [3.05, 3.63) is 11.7 Å². The van der Waals surface area contributed by atoms with Gasteiger partial charge in [-0.2, -0.15) is 16.7 Å². The molecule has 0 radical (unpaired) electrons. The van der Waals surface area contributed by atoms with Gasteiger partial charge in [0, 0.05) is 13.1 Å². The molecule has 0 aliphatic carbocycles. The van der Waals surface area contributed by atoms with Gasteiger partial charge in [-0.1, -0.05) is 5.16 Å². The minimum Gasteiger partial charge on any atom is -0.367 e. The van der Waals surface area contributed by atoms with E-state index in [2.05, 4.69) is 15.5 Å². The van der Waals surface area contributed by atoms with Crippen molar-refractivity contribution >= 4 is 11.8 Å². The lowest BCUT2D eigenvalue weighted by atomic mass is 10.3. The van der Waals surface area contributed by atoms with Crippen LogP contribution in [0.2, 0.25) is 0 Å². The first-order valence-corrected chi connectivity index (χ1v) is 5.93. The van der Waals surface area contributed by atoms with Crippen LogP contribution in [0.15, 0.2) is 4.52 Å². The lowest BCUT2D eigenvalue weighted by molar-refractivity contribution is 0.0208. The molecule has 6 heteroatoms. The third-order valence-electron chi connectivity index (χ3n) is 1.97. The van der Waals surface area contributed by atoms with Crippen LogP contribution in [0.1, 0.15) is 17.8 Å². The average Bonchev–Trinajstić information content (AvgIpc) is 2.68. The molecule has 1 N–H and O–H groups in total. The highest BCUT2D eigenvalue weighted by Gasteiger charge is 2.21. The highest BCUT2D eigenvalue weighted by molar-refractivity contribution is 7.97. The van der Waals surface area contributed by atoms with E-state index in [0.717, 1.165) is 18.8 Å². The molecule has 2 heterocycles. The van der Waals surface area contributed by atoms with Crippen LogP contribution < -0.4 is 5.32 Å². The molecule has 1 aromatic rings. The molecule has 5 nitrogen and oxygen atoms in total. The van der Waals surface area contributed by atoms with Crippen LogP contribution in [-0.2, 0) is 10.5 Å². The van der Waals surface area contributed by atoms with Crippen molar-refractivity contribution in [2.24, 2.45) is 0 Å². The molecule has 1 aliphatic heterocycles. The Kier molecular flexibility index (Phi) is 3.39. The first kappa shape index (κ1) is 9.95. The number of thioether (sulfide) groups is 1. The van der Waals surface area contributed by atoms with Crippen molar-refractivity contribution < 1.29 is 9.26 Å². The van der Waals surface area contributed by atoms with E-state index in [1.54, 1.807) is 11.8 Å². The molecule has 1 saturated heterocycles. The van der Waals surface area contributed by atoms with E-state index in [1.165, 1.54) is 0 Å². The Morgan fingerprint density at radius 2 is 2.57 bits per heavy atom. The summed E-state index contributed by atoms with van der Waals surface area (Å²) in [6.07, 6.45) is 1.95. The van der Waals surface area contributed by atoms with Crippen molar-refractivity contribution in [1.29, 1.82) is 0 Å².